The van der Waals surface area contributed by atoms with Crippen molar-refractivity contribution in [3.8, 4) is 6.07 Å². The molecule has 0 amide bonds. The Labute approximate surface area is 101 Å². The number of nitriles is 1. The third kappa shape index (κ3) is 2.51. The molecule has 0 aromatic heterocycles. The fourth-order valence-electron chi connectivity index (χ4n) is 2.40. The molecule has 0 bridgehead atoms. The number of nitrogens with two attached hydrogens (primary N) is 1. The second-order valence-corrected chi connectivity index (χ2v) is 4.54. The number of benzene rings is 1. The lowest BCUT2D eigenvalue weighted by Gasteiger charge is -2.21. The van der Waals surface area contributed by atoms with Gasteiger partial charge in [0.2, 0.25) is 0 Å². The zero-order valence-corrected chi connectivity index (χ0v) is 9.69. The van der Waals surface area contributed by atoms with Crippen molar-refractivity contribution in [1.29, 1.82) is 5.26 Å². The minimum atomic E-state index is 0.204. The molecule has 1 fully saturated rings. The first-order valence-corrected chi connectivity index (χ1v) is 5.91. The highest BCUT2D eigenvalue weighted by atomic mass is 16.3. The van der Waals surface area contributed by atoms with E-state index in [1.165, 1.54) is 0 Å². The second kappa shape index (κ2) is 5.07. The highest BCUT2D eigenvalue weighted by molar-refractivity contribution is 5.68. The maximum Gasteiger partial charge on any atom is 0.0992 e. The fraction of sp³-hybridized carbons (Fsp3) is 0.462. The number of aliphatic hydroxyl groups excluding tert-OH is 1. The van der Waals surface area contributed by atoms with Crippen LogP contribution in [0.3, 0.4) is 0 Å². The molecule has 1 aliphatic carbocycles. The number of anilines is 2. The molecule has 1 aromatic rings. The summed E-state index contributed by atoms with van der Waals surface area (Å²) >= 11 is 0. The van der Waals surface area contributed by atoms with E-state index in [1.54, 1.807) is 18.2 Å². The first kappa shape index (κ1) is 11.7. The number of nitrogens with one attached hydrogen (secondary N) is 1. The third-order valence-electron chi connectivity index (χ3n) is 3.42. The van der Waals surface area contributed by atoms with Crippen LogP contribution in [0.25, 0.3) is 0 Å². The SMILES string of the molecule is N#Cc1ccc(N)c(NC2CCCC2CO)c1. The quantitative estimate of drug-likeness (QED) is 0.692. The van der Waals surface area contributed by atoms with Crippen LogP contribution in [0.4, 0.5) is 11.4 Å². The van der Waals surface area contributed by atoms with E-state index >= 15 is 0 Å². The van der Waals surface area contributed by atoms with Crippen molar-refractivity contribution in [1.82, 2.24) is 0 Å². The molecule has 2 atom stereocenters. The fourth-order valence-corrected chi connectivity index (χ4v) is 2.40. The van der Waals surface area contributed by atoms with Crippen molar-refractivity contribution < 1.29 is 5.11 Å². The van der Waals surface area contributed by atoms with Gasteiger partial charge in [0.1, 0.15) is 0 Å². The van der Waals surface area contributed by atoms with E-state index in [-0.39, 0.29) is 12.6 Å². The Morgan fingerprint density at radius 3 is 3.00 bits per heavy atom. The van der Waals surface area contributed by atoms with Gasteiger partial charge in [-0.2, -0.15) is 5.26 Å². The molecule has 0 heterocycles. The maximum atomic E-state index is 9.26. The van der Waals surface area contributed by atoms with E-state index in [2.05, 4.69) is 11.4 Å². The highest BCUT2D eigenvalue weighted by Crippen LogP contribution is 2.30. The molecule has 1 saturated carbocycles. The predicted molar refractivity (Wildman–Crippen MR) is 67.4 cm³/mol. The minimum absolute atomic E-state index is 0.204. The summed E-state index contributed by atoms with van der Waals surface area (Å²) in [6, 6.07) is 7.57. The van der Waals surface area contributed by atoms with Crippen molar-refractivity contribution in [3.05, 3.63) is 23.8 Å². The van der Waals surface area contributed by atoms with Gasteiger partial charge in [-0.25, -0.2) is 0 Å². The van der Waals surface area contributed by atoms with Crippen molar-refractivity contribution in [2.75, 3.05) is 17.7 Å². The van der Waals surface area contributed by atoms with Crippen LogP contribution in [0.5, 0.6) is 0 Å². The van der Waals surface area contributed by atoms with Crippen LogP contribution in [-0.4, -0.2) is 17.8 Å². The molecule has 2 rings (SSSR count). The van der Waals surface area contributed by atoms with Gasteiger partial charge in [0.15, 0.2) is 0 Å². The molecule has 1 aromatic carbocycles. The van der Waals surface area contributed by atoms with Crippen molar-refractivity contribution >= 4 is 11.4 Å². The summed E-state index contributed by atoms with van der Waals surface area (Å²) < 4.78 is 0. The standard InChI is InChI=1S/C13H17N3O/c14-7-9-4-5-11(15)13(6-9)16-12-3-1-2-10(12)8-17/h4-6,10,12,16-17H,1-3,8,15H2. The van der Waals surface area contributed by atoms with Gasteiger partial charge in [-0.15, -0.1) is 0 Å². The molecule has 1 aliphatic rings. The number of rotatable bonds is 3. The normalized spacial score (nSPS) is 23.3. The highest BCUT2D eigenvalue weighted by Gasteiger charge is 2.26. The van der Waals surface area contributed by atoms with Gasteiger partial charge in [-0.05, 0) is 31.0 Å². The molecule has 2 unspecified atom stereocenters. The first-order chi connectivity index (χ1) is 8.24. The van der Waals surface area contributed by atoms with Gasteiger partial charge in [-0.1, -0.05) is 6.42 Å². The number of nitrogen functional groups attached to an aromatic ring is 1. The largest absolute Gasteiger partial charge is 0.397 e. The summed E-state index contributed by atoms with van der Waals surface area (Å²) in [4.78, 5) is 0. The smallest absolute Gasteiger partial charge is 0.0992 e. The molecule has 0 spiro atoms. The van der Waals surface area contributed by atoms with Gasteiger partial charge in [-0.3, -0.25) is 0 Å². The Morgan fingerprint density at radius 1 is 1.47 bits per heavy atom. The van der Waals surface area contributed by atoms with Crippen LogP contribution in [0.1, 0.15) is 24.8 Å². The van der Waals surface area contributed by atoms with Gasteiger partial charge in [0.05, 0.1) is 23.0 Å². The van der Waals surface area contributed by atoms with Crippen molar-refractivity contribution in [2.45, 2.75) is 25.3 Å². The van der Waals surface area contributed by atoms with E-state index in [9.17, 15) is 5.11 Å². The van der Waals surface area contributed by atoms with E-state index < -0.39 is 0 Å². The number of nitrogens with zero attached hydrogens (tertiary/aromatic N) is 1. The molecule has 0 saturated heterocycles. The Kier molecular flexibility index (Phi) is 3.50. The minimum Gasteiger partial charge on any atom is -0.397 e. The summed E-state index contributed by atoms with van der Waals surface area (Å²) in [5.41, 5.74) is 7.92. The molecule has 4 N–H and O–H groups in total. The monoisotopic (exact) mass is 231 g/mol. The predicted octanol–water partition coefficient (Wildman–Crippen LogP) is 1.71. The molecular formula is C13H17N3O. The summed E-state index contributed by atoms with van der Waals surface area (Å²) in [6.45, 7) is 0.204. The Bertz CT molecular complexity index is 439. The number of aliphatic hydroxyl groups is 1. The van der Waals surface area contributed by atoms with Crippen LogP contribution in [0.2, 0.25) is 0 Å². The lowest BCUT2D eigenvalue weighted by molar-refractivity contribution is 0.222. The van der Waals surface area contributed by atoms with E-state index in [4.69, 9.17) is 11.0 Å². The van der Waals surface area contributed by atoms with Crippen LogP contribution < -0.4 is 11.1 Å². The van der Waals surface area contributed by atoms with Crippen LogP contribution in [-0.2, 0) is 0 Å². The van der Waals surface area contributed by atoms with Gasteiger partial charge in [0.25, 0.3) is 0 Å². The number of hydrogen-bond acceptors (Lipinski definition) is 4. The van der Waals surface area contributed by atoms with Gasteiger partial charge < -0.3 is 16.2 Å². The third-order valence-corrected chi connectivity index (χ3v) is 3.42. The van der Waals surface area contributed by atoms with Crippen LogP contribution in [0.15, 0.2) is 18.2 Å². The summed E-state index contributed by atoms with van der Waals surface area (Å²) in [7, 11) is 0. The van der Waals surface area contributed by atoms with Gasteiger partial charge in [0, 0.05) is 18.6 Å². The molecule has 4 nitrogen and oxygen atoms in total. The van der Waals surface area contributed by atoms with E-state index in [1.807, 2.05) is 0 Å². The van der Waals surface area contributed by atoms with Gasteiger partial charge >= 0.3 is 0 Å². The maximum absolute atomic E-state index is 9.26. The molecule has 4 heteroatoms. The lowest BCUT2D eigenvalue weighted by Crippen LogP contribution is -2.26. The zero-order valence-electron chi connectivity index (χ0n) is 9.69. The lowest BCUT2D eigenvalue weighted by atomic mass is 10.0. The second-order valence-electron chi connectivity index (χ2n) is 4.54. The summed E-state index contributed by atoms with van der Waals surface area (Å²) in [5.74, 6) is 0.292. The average molecular weight is 231 g/mol. The Morgan fingerprint density at radius 2 is 2.29 bits per heavy atom. The van der Waals surface area contributed by atoms with Crippen LogP contribution in [0, 0.1) is 17.2 Å². The molecule has 0 aliphatic heterocycles. The average Bonchev–Trinajstić information content (AvgIpc) is 2.79. The van der Waals surface area contributed by atoms with Crippen molar-refractivity contribution in [3.63, 3.8) is 0 Å². The van der Waals surface area contributed by atoms with Crippen molar-refractivity contribution in [2.24, 2.45) is 5.92 Å². The number of hydrogen-bond donors (Lipinski definition) is 3. The molecular weight excluding hydrogens is 214 g/mol. The molecule has 0 radical (unpaired) electrons. The molecule has 90 valence electrons. The molecule has 17 heavy (non-hydrogen) atoms. The summed E-state index contributed by atoms with van der Waals surface area (Å²) in [6.07, 6.45) is 3.22. The summed E-state index contributed by atoms with van der Waals surface area (Å²) in [5, 5.41) is 21.5. The van der Waals surface area contributed by atoms with Crippen LogP contribution >= 0.6 is 0 Å². The first-order valence-electron chi connectivity index (χ1n) is 5.91. The zero-order chi connectivity index (χ0) is 12.3. The van der Waals surface area contributed by atoms with E-state index in [0.717, 1.165) is 24.9 Å². The van der Waals surface area contributed by atoms with E-state index in [0.29, 0.717) is 17.2 Å². The topological polar surface area (TPSA) is 82.1 Å². The Hall–Kier alpha value is -1.73. The Balaban J connectivity index is 2.15.